The Labute approximate surface area is 143 Å². The molecular formula is C15H20BrN3O4. The van der Waals surface area contributed by atoms with Crippen LogP contribution in [0.15, 0.2) is 28.7 Å². The number of nitrogens with zero attached hydrogens (tertiary/aromatic N) is 1. The van der Waals surface area contributed by atoms with Crippen LogP contribution in [0.5, 0.6) is 0 Å². The maximum Gasteiger partial charge on any atom is 0.338 e. The number of hydrogen-bond acceptors (Lipinski definition) is 3. The molecule has 8 heteroatoms. The molecule has 0 aliphatic rings. The van der Waals surface area contributed by atoms with E-state index in [2.05, 4.69) is 26.7 Å². The highest BCUT2D eigenvalue weighted by atomic mass is 79.9. The van der Waals surface area contributed by atoms with Gasteiger partial charge in [0.1, 0.15) is 0 Å². The molecule has 0 heterocycles. The predicted octanol–water partition coefficient (Wildman–Crippen LogP) is 2.84. The van der Waals surface area contributed by atoms with Gasteiger partial charge >= 0.3 is 12.0 Å². The number of amides is 3. The van der Waals surface area contributed by atoms with Crippen LogP contribution < -0.4 is 10.7 Å². The third kappa shape index (κ3) is 7.64. The summed E-state index contributed by atoms with van der Waals surface area (Å²) >= 11 is 3.30. The summed E-state index contributed by atoms with van der Waals surface area (Å²) in [7, 11) is 0. The van der Waals surface area contributed by atoms with Crippen LogP contribution in [-0.4, -0.2) is 34.6 Å². The average Bonchev–Trinajstić information content (AvgIpc) is 2.46. The first-order valence-corrected chi connectivity index (χ1v) is 7.92. The third-order valence-corrected chi connectivity index (χ3v) is 3.27. The van der Waals surface area contributed by atoms with Crippen molar-refractivity contribution in [3.05, 3.63) is 28.7 Å². The summed E-state index contributed by atoms with van der Waals surface area (Å²) in [6.07, 6.45) is -0.440. The van der Waals surface area contributed by atoms with Crippen molar-refractivity contribution in [1.82, 2.24) is 10.4 Å². The molecule has 0 saturated carbocycles. The van der Waals surface area contributed by atoms with Gasteiger partial charge in [0.05, 0.1) is 6.42 Å². The molecule has 23 heavy (non-hydrogen) atoms. The molecule has 0 aromatic heterocycles. The van der Waals surface area contributed by atoms with Crippen molar-refractivity contribution in [2.45, 2.75) is 26.7 Å². The van der Waals surface area contributed by atoms with Gasteiger partial charge in [0.2, 0.25) is 5.91 Å². The van der Waals surface area contributed by atoms with Gasteiger partial charge in [-0.25, -0.2) is 10.2 Å². The first-order chi connectivity index (χ1) is 10.8. The number of nitrogens with one attached hydrogen (secondary N) is 2. The van der Waals surface area contributed by atoms with Gasteiger partial charge in [0.15, 0.2) is 0 Å². The number of hydrogen-bond donors (Lipinski definition) is 3. The number of carbonyl (C=O) groups excluding carboxylic acids is 2. The van der Waals surface area contributed by atoms with Crippen molar-refractivity contribution in [2.75, 3.05) is 11.9 Å². The van der Waals surface area contributed by atoms with E-state index >= 15 is 0 Å². The number of carbonyl (C=O) groups is 3. The first kappa shape index (κ1) is 19.0. The van der Waals surface area contributed by atoms with Crippen molar-refractivity contribution in [2.24, 2.45) is 5.92 Å². The molecule has 3 amide bonds. The van der Waals surface area contributed by atoms with E-state index in [0.717, 1.165) is 9.48 Å². The Hall–Kier alpha value is -2.09. The van der Waals surface area contributed by atoms with E-state index in [1.165, 1.54) is 0 Å². The molecule has 1 rings (SSSR count). The lowest BCUT2D eigenvalue weighted by Gasteiger charge is -2.25. The van der Waals surface area contributed by atoms with Crippen LogP contribution in [0.1, 0.15) is 26.7 Å². The molecule has 0 aliphatic carbocycles. The molecule has 0 radical (unpaired) electrons. The van der Waals surface area contributed by atoms with Gasteiger partial charge < -0.3 is 10.4 Å². The fraction of sp³-hybridized carbons (Fsp3) is 0.400. The summed E-state index contributed by atoms with van der Waals surface area (Å²) in [5.41, 5.74) is 3.04. The summed E-state index contributed by atoms with van der Waals surface area (Å²) < 4.78 is 0.883. The van der Waals surface area contributed by atoms with E-state index < -0.39 is 17.9 Å². The Balaban J connectivity index is 2.64. The topological polar surface area (TPSA) is 98.7 Å². The summed E-state index contributed by atoms with van der Waals surface area (Å²) in [5.74, 6) is -1.37. The number of anilines is 1. The number of aliphatic carboxylic acids is 1. The lowest BCUT2D eigenvalue weighted by Crippen LogP contribution is -2.49. The highest BCUT2D eigenvalue weighted by Crippen LogP contribution is 2.14. The zero-order valence-electron chi connectivity index (χ0n) is 13.0. The van der Waals surface area contributed by atoms with E-state index in [4.69, 9.17) is 5.11 Å². The lowest BCUT2D eigenvalue weighted by molar-refractivity contribution is -0.141. The van der Waals surface area contributed by atoms with Gasteiger partial charge in [-0.3, -0.25) is 14.6 Å². The number of hydrazine groups is 1. The molecule has 0 saturated heterocycles. The van der Waals surface area contributed by atoms with Crippen molar-refractivity contribution in [3.8, 4) is 0 Å². The molecule has 0 spiro atoms. The summed E-state index contributed by atoms with van der Waals surface area (Å²) in [6.45, 7) is 4.09. The predicted molar refractivity (Wildman–Crippen MR) is 89.7 cm³/mol. The van der Waals surface area contributed by atoms with E-state index in [1.54, 1.807) is 24.3 Å². The van der Waals surface area contributed by atoms with Crippen LogP contribution >= 0.6 is 15.9 Å². The number of carboxylic acids is 1. The number of urea groups is 1. The molecule has 126 valence electrons. The zero-order chi connectivity index (χ0) is 17.4. The largest absolute Gasteiger partial charge is 0.481 e. The van der Waals surface area contributed by atoms with Crippen LogP contribution in [0, 0.1) is 5.92 Å². The summed E-state index contributed by atoms with van der Waals surface area (Å²) in [5, 5.41) is 12.4. The summed E-state index contributed by atoms with van der Waals surface area (Å²) in [4.78, 5) is 34.6. The zero-order valence-corrected chi connectivity index (χ0v) is 14.6. The molecule has 1 aromatic carbocycles. The van der Waals surface area contributed by atoms with Gasteiger partial charge in [0, 0.05) is 23.1 Å². The highest BCUT2D eigenvalue weighted by Gasteiger charge is 2.18. The second-order valence-electron chi connectivity index (χ2n) is 5.36. The number of rotatable bonds is 6. The standard InChI is InChI=1S/C15H20BrN3O4/c1-10(2)9-19(13(20)7-8-14(21)22)18-15(23)17-12-5-3-11(16)4-6-12/h3-6,10H,7-9H2,1-2H3,(H,21,22)(H2,17,18,23). The van der Waals surface area contributed by atoms with E-state index in [1.807, 2.05) is 13.8 Å². The normalized spacial score (nSPS) is 10.3. The summed E-state index contributed by atoms with van der Waals surface area (Å²) in [6, 6.07) is 6.42. The highest BCUT2D eigenvalue weighted by molar-refractivity contribution is 9.10. The molecule has 0 unspecified atom stereocenters. The number of carboxylic acid groups (broad SMARTS) is 1. The van der Waals surface area contributed by atoms with Crippen LogP contribution in [-0.2, 0) is 9.59 Å². The maximum atomic E-state index is 12.0. The maximum absolute atomic E-state index is 12.0. The third-order valence-electron chi connectivity index (χ3n) is 2.74. The Morgan fingerprint density at radius 1 is 1.17 bits per heavy atom. The minimum absolute atomic E-state index is 0.122. The second-order valence-corrected chi connectivity index (χ2v) is 6.28. The first-order valence-electron chi connectivity index (χ1n) is 7.13. The van der Waals surface area contributed by atoms with Crippen molar-refractivity contribution in [3.63, 3.8) is 0 Å². The van der Waals surface area contributed by atoms with Crippen LogP contribution in [0.2, 0.25) is 0 Å². The minimum Gasteiger partial charge on any atom is -0.481 e. The SMILES string of the molecule is CC(C)CN(NC(=O)Nc1ccc(Br)cc1)C(=O)CCC(=O)O. The fourth-order valence-electron chi connectivity index (χ4n) is 1.74. The monoisotopic (exact) mass is 385 g/mol. The lowest BCUT2D eigenvalue weighted by atomic mass is 10.2. The quantitative estimate of drug-likeness (QED) is 0.655. The molecule has 7 nitrogen and oxygen atoms in total. The van der Waals surface area contributed by atoms with Crippen molar-refractivity contribution in [1.29, 1.82) is 0 Å². The molecule has 0 bridgehead atoms. The molecule has 0 fully saturated rings. The van der Waals surface area contributed by atoms with Gasteiger partial charge in [-0.15, -0.1) is 0 Å². The van der Waals surface area contributed by atoms with Gasteiger partial charge in [-0.2, -0.15) is 0 Å². The van der Waals surface area contributed by atoms with E-state index in [-0.39, 0.29) is 18.8 Å². The molecular weight excluding hydrogens is 366 g/mol. The van der Waals surface area contributed by atoms with Crippen LogP contribution in [0.25, 0.3) is 0 Å². The van der Waals surface area contributed by atoms with Gasteiger partial charge in [-0.1, -0.05) is 29.8 Å². The second kappa shape index (κ2) is 9.14. The molecule has 0 aliphatic heterocycles. The van der Waals surface area contributed by atoms with Crippen molar-refractivity contribution < 1.29 is 19.5 Å². The molecule has 3 N–H and O–H groups in total. The fourth-order valence-corrected chi connectivity index (χ4v) is 2.00. The van der Waals surface area contributed by atoms with E-state index in [9.17, 15) is 14.4 Å². The smallest absolute Gasteiger partial charge is 0.338 e. The van der Waals surface area contributed by atoms with Crippen molar-refractivity contribution >= 4 is 39.5 Å². The number of benzene rings is 1. The Kier molecular flexibility index (Phi) is 7.53. The minimum atomic E-state index is -1.05. The molecule has 0 atom stereocenters. The Morgan fingerprint density at radius 2 is 1.78 bits per heavy atom. The molecule has 1 aromatic rings. The Morgan fingerprint density at radius 3 is 2.30 bits per heavy atom. The van der Waals surface area contributed by atoms with E-state index in [0.29, 0.717) is 12.2 Å². The van der Waals surface area contributed by atoms with Gasteiger partial charge in [-0.05, 0) is 30.2 Å². The van der Waals surface area contributed by atoms with Crippen LogP contribution in [0.4, 0.5) is 10.5 Å². The average molecular weight is 386 g/mol. The van der Waals surface area contributed by atoms with Gasteiger partial charge in [0.25, 0.3) is 0 Å². The Bertz CT molecular complexity index is 560. The number of halogens is 1. The van der Waals surface area contributed by atoms with Crippen LogP contribution in [0.3, 0.4) is 0 Å².